The zero-order valence-corrected chi connectivity index (χ0v) is 15.9. The molecule has 11 heteroatoms. The number of ether oxygens (including phenoxy) is 1. The van der Waals surface area contributed by atoms with Gasteiger partial charge in [-0.2, -0.15) is 5.26 Å². The van der Waals surface area contributed by atoms with Crippen molar-refractivity contribution in [1.29, 1.82) is 5.26 Å². The van der Waals surface area contributed by atoms with Gasteiger partial charge in [-0.1, -0.05) is 5.16 Å². The summed E-state index contributed by atoms with van der Waals surface area (Å²) in [5.41, 5.74) is 0.0768. The maximum atomic E-state index is 12.2. The van der Waals surface area contributed by atoms with Gasteiger partial charge >= 0.3 is 5.97 Å². The number of esters is 1. The highest BCUT2D eigenvalue weighted by atomic mass is 32.2. The minimum Gasteiger partial charge on any atom is -0.449 e. The van der Waals surface area contributed by atoms with E-state index in [0.717, 1.165) is 0 Å². The number of amides is 1. The highest BCUT2D eigenvalue weighted by molar-refractivity contribution is 7.89. The van der Waals surface area contributed by atoms with Crippen LogP contribution in [0.5, 0.6) is 0 Å². The molecule has 2 rings (SSSR count). The maximum Gasteiger partial charge on any atom is 0.338 e. The predicted octanol–water partition coefficient (Wildman–Crippen LogP) is 1.36. The highest BCUT2D eigenvalue weighted by Gasteiger charge is 2.21. The Hall–Kier alpha value is -3.23. The molecule has 10 nitrogen and oxygen atoms in total. The first-order valence-corrected chi connectivity index (χ1v) is 9.63. The van der Waals surface area contributed by atoms with E-state index < -0.39 is 28.0 Å². The number of rotatable bonds is 8. The van der Waals surface area contributed by atoms with Crippen molar-refractivity contribution < 1.29 is 27.3 Å². The van der Waals surface area contributed by atoms with Crippen molar-refractivity contribution >= 4 is 27.7 Å². The number of sulfonamides is 1. The first-order valence-electron chi connectivity index (χ1n) is 8.15. The molecular formula is C17H18N4O6S. The average molecular weight is 406 g/mol. The van der Waals surface area contributed by atoms with Crippen LogP contribution in [0.25, 0.3) is 0 Å². The van der Waals surface area contributed by atoms with Crippen molar-refractivity contribution in [2.24, 2.45) is 0 Å². The number of hydrogen-bond acceptors (Lipinski definition) is 8. The highest BCUT2D eigenvalue weighted by Crippen LogP contribution is 2.13. The van der Waals surface area contributed by atoms with Gasteiger partial charge in [0, 0.05) is 19.0 Å². The molecule has 0 fully saturated rings. The first kappa shape index (κ1) is 21.1. The molecule has 2 N–H and O–H groups in total. The van der Waals surface area contributed by atoms with Crippen molar-refractivity contribution in [2.45, 2.75) is 31.3 Å². The summed E-state index contributed by atoms with van der Waals surface area (Å²) in [6.45, 7) is 3.04. The van der Waals surface area contributed by atoms with Crippen LogP contribution in [0.15, 0.2) is 39.8 Å². The summed E-state index contributed by atoms with van der Waals surface area (Å²) in [6, 6.07) is 8.34. The van der Waals surface area contributed by atoms with E-state index in [-0.39, 0.29) is 29.2 Å². The van der Waals surface area contributed by atoms with Crippen LogP contribution in [-0.2, 0) is 19.6 Å². The molecule has 0 unspecified atom stereocenters. The minimum absolute atomic E-state index is 0.0136. The van der Waals surface area contributed by atoms with E-state index in [4.69, 9.17) is 14.5 Å². The third-order valence-electron chi connectivity index (χ3n) is 3.46. The van der Waals surface area contributed by atoms with E-state index in [1.54, 1.807) is 6.92 Å². The number of carbonyl (C=O) groups is 2. The number of aromatic nitrogens is 1. The molecule has 1 atom stereocenters. The Kier molecular flexibility index (Phi) is 6.86. The van der Waals surface area contributed by atoms with E-state index in [0.29, 0.717) is 5.76 Å². The fourth-order valence-corrected chi connectivity index (χ4v) is 3.06. The molecule has 0 spiro atoms. The Morgan fingerprint density at radius 3 is 2.57 bits per heavy atom. The molecule has 0 saturated carbocycles. The Morgan fingerprint density at radius 1 is 1.32 bits per heavy atom. The number of nitrogens with one attached hydrogen (secondary N) is 2. The van der Waals surface area contributed by atoms with Crippen LogP contribution in [0.4, 0.5) is 5.82 Å². The van der Waals surface area contributed by atoms with Gasteiger partial charge in [0.05, 0.1) is 16.5 Å². The summed E-state index contributed by atoms with van der Waals surface area (Å²) < 4.78 is 36.2. The van der Waals surface area contributed by atoms with Crippen LogP contribution in [0.1, 0.15) is 29.5 Å². The zero-order valence-electron chi connectivity index (χ0n) is 15.1. The number of nitriles is 1. The largest absolute Gasteiger partial charge is 0.449 e. The molecule has 1 amide bonds. The lowest BCUT2D eigenvalue weighted by Gasteiger charge is -2.12. The third kappa shape index (κ3) is 5.63. The van der Waals surface area contributed by atoms with Gasteiger partial charge in [0.2, 0.25) is 10.0 Å². The van der Waals surface area contributed by atoms with Crippen LogP contribution in [0.2, 0.25) is 0 Å². The Labute approximate surface area is 161 Å². The number of aryl methyl sites for hydroxylation is 1. The summed E-state index contributed by atoms with van der Waals surface area (Å²) in [7, 11) is -3.78. The normalized spacial score (nSPS) is 12.0. The van der Waals surface area contributed by atoms with E-state index >= 15 is 0 Å². The van der Waals surface area contributed by atoms with Crippen molar-refractivity contribution in [3.63, 3.8) is 0 Å². The SMILES string of the molecule is Cc1cc(NC(=O)[C@H](C)OC(=O)c2ccc(S(=O)(=O)NCCC#N)cc2)no1. The standard InChI is InChI=1S/C17H18N4O6S/c1-11-10-15(21-27-11)20-16(22)12(2)26-17(23)13-4-6-14(7-5-13)28(24,25)19-9-3-8-18/h4-7,10,12,19H,3,9H2,1-2H3,(H,20,21,22)/t12-/m0/s1. The second kappa shape index (κ2) is 9.12. The molecule has 2 aromatic rings. The Balaban J connectivity index is 1.96. The van der Waals surface area contributed by atoms with Gasteiger partial charge in [0.1, 0.15) is 5.76 Å². The summed E-state index contributed by atoms with van der Waals surface area (Å²) in [6.07, 6.45) is -1.07. The maximum absolute atomic E-state index is 12.2. The lowest BCUT2D eigenvalue weighted by atomic mass is 10.2. The van der Waals surface area contributed by atoms with Gasteiger partial charge in [-0.15, -0.1) is 0 Å². The van der Waals surface area contributed by atoms with Gasteiger partial charge in [-0.05, 0) is 38.1 Å². The quantitative estimate of drug-likeness (QED) is 0.492. The van der Waals surface area contributed by atoms with Gasteiger partial charge < -0.3 is 14.6 Å². The topological polar surface area (TPSA) is 151 Å². The smallest absolute Gasteiger partial charge is 0.338 e. The van der Waals surface area contributed by atoms with E-state index in [1.165, 1.54) is 37.3 Å². The Bertz CT molecular complexity index is 991. The number of benzene rings is 1. The summed E-state index contributed by atoms with van der Waals surface area (Å²) >= 11 is 0. The van der Waals surface area contributed by atoms with Crippen molar-refractivity contribution in [3.05, 3.63) is 41.7 Å². The molecule has 0 saturated heterocycles. The number of hydrogen-bond donors (Lipinski definition) is 2. The average Bonchev–Trinajstić information content (AvgIpc) is 3.06. The van der Waals surface area contributed by atoms with Crippen LogP contribution in [-0.4, -0.2) is 38.1 Å². The molecule has 1 heterocycles. The van der Waals surface area contributed by atoms with Crippen LogP contribution in [0.3, 0.4) is 0 Å². The summed E-state index contributed by atoms with van der Waals surface area (Å²) in [4.78, 5) is 24.1. The molecule has 0 aliphatic rings. The molecule has 28 heavy (non-hydrogen) atoms. The Morgan fingerprint density at radius 2 is 2.00 bits per heavy atom. The van der Waals surface area contributed by atoms with Gasteiger partial charge in [0.15, 0.2) is 11.9 Å². The molecule has 148 valence electrons. The van der Waals surface area contributed by atoms with Gasteiger partial charge in [0.25, 0.3) is 5.91 Å². The van der Waals surface area contributed by atoms with Crippen molar-refractivity contribution in [2.75, 3.05) is 11.9 Å². The molecular weight excluding hydrogens is 388 g/mol. The monoisotopic (exact) mass is 406 g/mol. The lowest BCUT2D eigenvalue weighted by molar-refractivity contribution is -0.123. The van der Waals surface area contributed by atoms with Crippen molar-refractivity contribution in [3.8, 4) is 6.07 Å². The van der Waals surface area contributed by atoms with Crippen LogP contribution < -0.4 is 10.0 Å². The number of carbonyl (C=O) groups excluding carboxylic acids is 2. The summed E-state index contributed by atoms with van der Waals surface area (Å²) in [5, 5.41) is 14.5. The predicted molar refractivity (Wildman–Crippen MR) is 96.6 cm³/mol. The fourth-order valence-electron chi connectivity index (χ4n) is 2.03. The number of anilines is 1. The molecule has 1 aromatic heterocycles. The second-order valence-electron chi connectivity index (χ2n) is 5.69. The molecule has 0 radical (unpaired) electrons. The van der Waals surface area contributed by atoms with Crippen LogP contribution in [0, 0.1) is 18.3 Å². The molecule has 0 bridgehead atoms. The van der Waals surface area contributed by atoms with Crippen molar-refractivity contribution in [1.82, 2.24) is 9.88 Å². The third-order valence-corrected chi connectivity index (χ3v) is 4.94. The molecule has 1 aromatic carbocycles. The van der Waals surface area contributed by atoms with E-state index in [1.807, 2.05) is 6.07 Å². The van der Waals surface area contributed by atoms with Crippen LogP contribution >= 0.6 is 0 Å². The second-order valence-corrected chi connectivity index (χ2v) is 7.46. The first-order chi connectivity index (χ1) is 13.2. The summed E-state index contributed by atoms with van der Waals surface area (Å²) in [5.74, 6) is -0.677. The number of nitrogens with zero attached hydrogens (tertiary/aromatic N) is 2. The molecule has 0 aliphatic heterocycles. The lowest BCUT2D eigenvalue weighted by Crippen LogP contribution is -2.30. The van der Waals surface area contributed by atoms with Gasteiger partial charge in [-0.3, -0.25) is 4.79 Å². The minimum atomic E-state index is -3.78. The molecule has 0 aliphatic carbocycles. The fraction of sp³-hybridized carbons (Fsp3) is 0.294. The zero-order chi connectivity index (χ0) is 20.7. The van der Waals surface area contributed by atoms with E-state index in [2.05, 4.69) is 15.2 Å². The van der Waals surface area contributed by atoms with E-state index in [9.17, 15) is 18.0 Å². The van der Waals surface area contributed by atoms with Gasteiger partial charge in [-0.25, -0.2) is 17.9 Å².